The van der Waals surface area contributed by atoms with E-state index >= 15 is 0 Å². The van der Waals surface area contributed by atoms with Gasteiger partial charge in [0, 0.05) is 12.5 Å². The maximum Gasteiger partial charge on any atom is 0.165 e. The maximum absolute atomic E-state index is 13.1. The fourth-order valence-electron chi connectivity index (χ4n) is 1.15. The molecule has 3 nitrogen and oxygen atoms in total. The quantitative estimate of drug-likeness (QED) is 0.833. The molecule has 0 aromatic heterocycles. The number of nitrogens with zero attached hydrogens (tertiary/aromatic N) is 1. The van der Waals surface area contributed by atoms with Crippen LogP contribution in [0, 0.1) is 23.0 Å². The summed E-state index contributed by atoms with van der Waals surface area (Å²) in [6.45, 7) is 0.152. The van der Waals surface area contributed by atoms with Crippen LogP contribution in [0.25, 0.3) is 0 Å². The molecule has 1 aromatic rings. The molecule has 0 spiro atoms. The van der Waals surface area contributed by atoms with Gasteiger partial charge in [0.25, 0.3) is 0 Å². The van der Waals surface area contributed by atoms with Gasteiger partial charge < -0.3 is 10.1 Å². The van der Waals surface area contributed by atoms with E-state index in [1.807, 2.05) is 6.07 Å². The molecule has 1 rings (SSSR count). The van der Waals surface area contributed by atoms with E-state index in [-0.39, 0.29) is 18.4 Å². The predicted molar refractivity (Wildman–Crippen MR) is 54.9 cm³/mol. The van der Waals surface area contributed by atoms with E-state index in [4.69, 9.17) is 10.00 Å². The average Bonchev–Trinajstić information content (AvgIpc) is 2.29. The third-order valence-corrected chi connectivity index (χ3v) is 2.06. The molecule has 1 aromatic carbocycles. The molecule has 0 aliphatic rings. The molecule has 0 saturated carbocycles. The highest BCUT2D eigenvalue weighted by Crippen LogP contribution is 2.18. The number of hydrogen-bond acceptors (Lipinski definition) is 3. The number of nitriles is 1. The summed E-state index contributed by atoms with van der Waals surface area (Å²) in [6.07, 6.45) is 0.406. The fourth-order valence-corrected chi connectivity index (χ4v) is 1.15. The summed E-state index contributed by atoms with van der Waals surface area (Å²) < 4.78 is 30.9. The van der Waals surface area contributed by atoms with Crippen LogP contribution >= 0.6 is 0 Å². The third-order valence-electron chi connectivity index (χ3n) is 2.06. The van der Waals surface area contributed by atoms with Gasteiger partial charge in [0.15, 0.2) is 11.6 Å². The van der Waals surface area contributed by atoms with Crippen LogP contribution in [0.4, 0.5) is 8.78 Å². The van der Waals surface area contributed by atoms with Crippen molar-refractivity contribution in [3.8, 4) is 11.8 Å². The first kappa shape index (κ1) is 12.4. The first-order chi connectivity index (χ1) is 7.67. The number of ether oxygens (including phenoxy) is 1. The van der Waals surface area contributed by atoms with Gasteiger partial charge in [0.05, 0.1) is 18.7 Å². The van der Waals surface area contributed by atoms with Gasteiger partial charge in [0.2, 0.25) is 0 Å². The molecule has 0 radical (unpaired) electrons. The van der Waals surface area contributed by atoms with Gasteiger partial charge in [-0.05, 0) is 19.2 Å². The summed E-state index contributed by atoms with van der Waals surface area (Å²) in [5.41, 5.74) is 0. The van der Waals surface area contributed by atoms with Crippen molar-refractivity contribution in [1.82, 2.24) is 5.32 Å². The van der Waals surface area contributed by atoms with Gasteiger partial charge >= 0.3 is 0 Å². The molecule has 86 valence electrons. The molecule has 0 heterocycles. The molecule has 0 bridgehead atoms. The van der Waals surface area contributed by atoms with Crippen molar-refractivity contribution >= 4 is 0 Å². The van der Waals surface area contributed by atoms with E-state index < -0.39 is 11.6 Å². The Morgan fingerprint density at radius 1 is 1.50 bits per heavy atom. The standard InChI is InChI=1S/C11H12F2N2O/c1-15-9(7-14)4-5-16-11-6-8(12)2-3-10(11)13/h2-3,6,9,15H,4-5H2,1H3. The molecule has 1 N–H and O–H groups in total. The molecule has 0 fully saturated rings. The van der Waals surface area contributed by atoms with E-state index in [0.717, 1.165) is 18.2 Å². The lowest BCUT2D eigenvalue weighted by molar-refractivity contribution is 0.285. The minimum atomic E-state index is -0.612. The van der Waals surface area contributed by atoms with E-state index in [2.05, 4.69) is 5.32 Å². The van der Waals surface area contributed by atoms with Crippen molar-refractivity contribution < 1.29 is 13.5 Å². The van der Waals surface area contributed by atoms with Gasteiger partial charge in [-0.3, -0.25) is 0 Å². The zero-order valence-electron chi connectivity index (χ0n) is 8.84. The summed E-state index contributed by atoms with van der Waals surface area (Å²) in [7, 11) is 1.65. The van der Waals surface area contributed by atoms with Gasteiger partial charge in [-0.25, -0.2) is 8.78 Å². The molecule has 0 aliphatic heterocycles. The lowest BCUT2D eigenvalue weighted by Crippen LogP contribution is -2.25. The molecular formula is C11H12F2N2O. The Bertz CT molecular complexity index is 390. The Labute approximate surface area is 92.6 Å². The van der Waals surface area contributed by atoms with E-state index in [1.54, 1.807) is 7.05 Å². The van der Waals surface area contributed by atoms with Crippen LogP contribution in [0.15, 0.2) is 18.2 Å². The average molecular weight is 226 g/mol. The Kier molecular flexibility index (Phi) is 4.67. The summed E-state index contributed by atoms with van der Waals surface area (Å²) >= 11 is 0. The summed E-state index contributed by atoms with van der Waals surface area (Å²) in [4.78, 5) is 0. The molecule has 1 unspecified atom stereocenters. The van der Waals surface area contributed by atoms with E-state index in [9.17, 15) is 8.78 Å². The van der Waals surface area contributed by atoms with E-state index in [0.29, 0.717) is 6.42 Å². The van der Waals surface area contributed by atoms with Crippen LogP contribution in [0.2, 0.25) is 0 Å². The Morgan fingerprint density at radius 3 is 2.88 bits per heavy atom. The number of hydrogen-bond donors (Lipinski definition) is 1. The predicted octanol–water partition coefficient (Wildman–Crippen LogP) is 1.85. The van der Waals surface area contributed by atoms with Crippen LogP contribution < -0.4 is 10.1 Å². The second kappa shape index (κ2) is 6.03. The number of nitrogens with one attached hydrogen (secondary N) is 1. The molecule has 0 amide bonds. The summed E-state index contributed by atoms with van der Waals surface area (Å²) in [5, 5.41) is 11.4. The number of benzene rings is 1. The lowest BCUT2D eigenvalue weighted by atomic mass is 10.2. The Hall–Kier alpha value is -1.67. The minimum Gasteiger partial charge on any atom is -0.490 e. The maximum atomic E-state index is 13.1. The monoisotopic (exact) mass is 226 g/mol. The molecule has 0 saturated heterocycles. The van der Waals surface area contributed by atoms with Crippen molar-refractivity contribution in [2.75, 3.05) is 13.7 Å². The largest absolute Gasteiger partial charge is 0.490 e. The molecule has 0 aliphatic carbocycles. The van der Waals surface area contributed by atoms with Crippen molar-refractivity contribution in [3.63, 3.8) is 0 Å². The lowest BCUT2D eigenvalue weighted by Gasteiger charge is -2.09. The molecular weight excluding hydrogens is 214 g/mol. The first-order valence-corrected chi connectivity index (χ1v) is 4.82. The van der Waals surface area contributed by atoms with Gasteiger partial charge in [-0.2, -0.15) is 5.26 Å². The zero-order chi connectivity index (χ0) is 12.0. The van der Waals surface area contributed by atoms with Crippen molar-refractivity contribution in [2.45, 2.75) is 12.5 Å². The summed E-state index contributed by atoms with van der Waals surface area (Å²) in [6, 6.07) is 4.66. The number of rotatable bonds is 5. The normalized spacial score (nSPS) is 11.9. The first-order valence-electron chi connectivity index (χ1n) is 4.82. The zero-order valence-corrected chi connectivity index (χ0v) is 8.84. The number of halogens is 2. The fraction of sp³-hybridized carbons (Fsp3) is 0.364. The molecule has 5 heteroatoms. The minimum absolute atomic E-state index is 0.132. The topological polar surface area (TPSA) is 45.0 Å². The highest BCUT2D eigenvalue weighted by atomic mass is 19.1. The second-order valence-electron chi connectivity index (χ2n) is 3.18. The summed E-state index contributed by atoms with van der Waals surface area (Å²) in [5.74, 6) is -1.30. The van der Waals surface area contributed by atoms with Crippen molar-refractivity contribution in [1.29, 1.82) is 5.26 Å². The Morgan fingerprint density at radius 2 is 2.25 bits per heavy atom. The highest BCUT2D eigenvalue weighted by molar-refractivity contribution is 5.24. The second-order valence-corrected chi connectivity index (χ2v) is 3.18. The van der Waals surface area contributed by atoms with Crippen LogP contribution in [-0.2, 0) is 0 Å². The van der Waals surface area contributed by atoms with Crippen molar-refractivity contribution in [2.24, 2.45) is 0 Å². The molecule has 16 heavy (non-hydrogen) atoms. The molecule has 1 atom stereocenters. The SMILES string of the molecule is CNC(C#N)CCOc1cc(F)ccc1F. The van der Waals surface area contributed by atoms with Gasteiger partial charge in [0.1, 0.15) is 5.82 Å². The van der Waals surface area contributed by atoms with Crippen LogP contribution in [0.5, 0.6) is 5.75 Å². The van der Waals surface area contributed by atoms with Crippen LogP contribution in [-0.4, -0.2) is 19.7 Å². The van der Waals surface area contributed by atoms with Gasteiger partial charge in [-0.1, -0.05) is 0 Å². The third kappa shape index (κ3) is 3.48. The van der Waals surface area contributed by atoms with E-state index in [1.165, 1.54) is 0 Å². The smallest absolute Gasteiger partial charge is 0.165 e. The van der Waals surface area contributed by atoms with Crippen LogP contribution in [0.1, 0.15) is 6.42 Å². The van der Waals surface area contributed by atoms with Gasteiger partial charge in [-0.15, -0.1) is 0 Å². The Balaban J connectivity index is 2.49. The highest BCUT2D eigenvalue weighted by Gasteiger charge is 2.07. The van der Waals surface area contributed by atoms with Crippen molar-refractivity contribution in [3.05, 3.63) is 29.8 Å². The van der Waals surface area contributed by atoms with Crippen LogP contribution in [0.3, 0.4) is 0 Å².